The highest BCUT2D eigenvalue weighted by Gasteiger charge is 2.20. The van der Waals surface area contributed by atoms with Crippen molar-refractivity contribution in [3.8, 4) is 16.3 Å². The van der Waals surface area contributed by atoms with Gasteiger partial charge in [-0.3, -0.25) is 4.79 Å². The number of aryl methyl sites for hydroxylation is 1. The van der Waals surface area contributed by atoms with Gasteiger partial charge in [-0.1, -0.05) is 6.42 Å². The summed E-state index contributed by atoms with van der Waals surface area (Å²) in [4.78, 5) is 19.5. The standard InChI is InChI=1S/C19H23F2N3O2S/c1-12-17(18(25)22-6-9-24-7-4-3-5-8-24)27-19(23-12)13-10-15(21)16(26-2)11-14(13)20/h10-11H,3-9H2,1-2H3,(H,22,25). The summed E-state index contributed by atoms with van der Waals surface area (Å²) in [5, 5.41) is 3.17. The zero-order valence-electron chi connectivity index (χ0n) is 15.5. The molecule has 0 atom stereocenters. The number of aromatic nitrogens is 1. The van der Waals surface area contributed by atoms with Gasteiger partial charge in [-0.25, -0.2) is 13.8 Å². The molecule has 1 aliphatic rings. The van der Waals surface area contributed by atoms with E-state index < -0.39 is 11.6 Å². The summed E-state index contributed by atoms with van der Waals surface area (Å²) in [7, 11) is 1.28. The Labute approximate surface area is 161 Å². The number of rotatable bonds is 6. The maximum Gasteiger partial charge on any atom is 0.263 e. The van der Waals surface area contributed by atoms with Crippen LogP contribution < -0.4 is 10.1 Å². The molecule has 0 unspecified atom stereocenters. The van der Waals surface area contributed by atoms with Crippen molar-refractivity contribution in [2.75, 3.05) is 33.3 Å². The van der Waals surface area contributed by atoms with Gasteiger partial charge in [0.15, 0.2) is 11.6 Å². The van der Waals surface area contributed by atoms with E-state index in [1.54, 1.807) is 6.92 Å². The number of nitrogens with zero attached hydrogens (tertiary/aromatic N) is 2. The third-order valence-electron chi connectivity index (χ3n) is 4.64. The van der Waals surface area contributed by atoms with Crippen molar-refractivity contribution in [3.05, 3.63) is 34.3 Å². The second kappa shape index (κ2) is 8.75. The van der Waals surface area contributed by atoms with Gasteiger partial charge in [0, 0.05) is 24.7 Å². The molecule has 1 amide bonds. The van der Waals surface area contributed by atoms with Crippen LogP contribution in [0.4, 0.5) is 8.78 Å². The van der Waals surface area contributed by atoms with E-state index in [0.717, 1.165) is 43.1 Å². The van der Waals surface area contributed by atoms with Crippen LogP contribution in [-0.2, 0) is 0 Å². The number of thiazole rings is 1. The summed E-state index contributed by atoms with van der Waals surface area (Å²) in [5.74, 6) is -1.71. The molecular weight excluding hydrogens is 372 g/mol. The molecule has 8 heteroatoms. The molecular formula is C19H23F2N3O2S. The van der Waals surface area contributed by atoms with E-state index in [9.17, 15) is 13.6 Å². The Hall–Kier alpha value is -2.06. The van der Waals surface area contributed by atoms with E-state index in [4.69, 9.17) is 4.74 Å². The smallest absolute Gasteiger partial charge is 0.263 e. The summed E-state index contributed by atoms with van der Waals surface area (Å²) >= 11 is 1.06. The maximum absolute atomic E-state index is 14.3. The lowest BCUT2D eigenvalue weighted by molar-refractivity contribution is 0.0950. The first-order chi connectivity index (χ1) is 13.0. The normalized spacial score (nSPS) is 15.0. The minimum absolute atomic E-state index is 0.0220. The summed E-state index contributed by atoms with van der Waals surface area (Å²) in [5.41, 5.74) is 0.523. The zero-order valence-corrected chi connectivity index (χ0v) is 16.3. The highest BCUT2D eigenvalue weighted by Crippen LogP contribution is 2.33. The van der Waals surface area contributed by atoms with Crippen LogP contribution >= 0.6 is 11.3 Å². The van der Waals surface area contributed by atoms with Crippen LogP contribution in [0.1, 0.15) is 34.6 Å². The lowest BCUT2D eigenvalue weighted by Gasteiger charge is -2.26. The lowest BCUT2D eigenvalue weighted by atomic mass is 10.1. The summed E-state index contributed by atoms with van der Waals surface area (Å²) in [6.45, 7) is 5.20. The van der Waals surface area contributed by atoms with Gasteiger partial charge < -0.3 is 15.0 Å². The number of benzene rings is 1. The van der Waals surface area contributed by atoms with Crippen LogP contribution in [0.15, 0.2) is 12.1 Å². The van der Waals surface area contributed by atoms with Gasteiger partial charge >= 0.3 is 0 Å². The van der Waals surface area contributed by atoms with Crippen molar-refractivity contribution < 1.29 is 18.3 Å². The third kappa shape index (κ3) is 4.62. The molecule has 146 valence electrons. The van der Waals surface area contributed by atoms with E-state index in [1.165, 1.54) is 26.4 Å². The Morgan fingerprint density at radius 3 is 2.70 bits per heavy atom. The first-order valence-electron chi connectivity index (χ1n) is 9.01. The van der Waals surface area contributed by atoms with Gasteiger partial charge in [0.05, 0.1) is 12.8 Å². The summed E-state index contributed by atoms with van der Waals surface area (Å²) in [6.07, 6.45) is 3.68. The highest BCUT2D eigenvalue weighted by molar-refractivity contribution is 7.17. The van der Waals surface area contributed by atoms with Crippen LogP contribution in [0.2, 0.25) is 0 Å². The molecule has 1 saturated heterocycles. The van der Waals surface area contributed by atoms with Gasteiger partial charge in [-0.15, -0.1) is 11.3 Å². The number of carbonyl (C=O) groups is 1. The topological polar surface area (TPSA) is 54.5 Å². The second-order valence-electron chi connectivity index (χ2n) is 6.56. The number of ether oxygens (including phenoxy) is 1. The van der Waals surface area contributed by atoms with Gasteiger partial charge in [0.2, 0.25) is 0 Å². The Kier molecular flexibility index (Phi) is 6.38. The van der Waals surface area contributed by atoms with Crippen LogP contribution in [-0.4, -0.2) is 49.1 Å². The van der Waals surface area contributed by atoms with E-state index in [1.807, 2.05) is 0 Å². The summed E-state index contributed by atoms with van der Waals surface area (Å²) in [6, 6.07) is 2.03. The number of hydrogen-bond donors (Lipinski definition) is 1. The predicted octanol–water partition coefficient (Wildman–Crippen LogP) is 3.62. The SMILES string of the molecule is COc1cc(F)c(-c2nc(C)c(C(=O)NCCN3CCCCC3)s2)cc1F. The Morgan fingerprint density at radius 1 is 1.26 bits per heavy atom. The van der Waals surface area contributed by atoms with E-state index in [2.05, 4.69) is 15.2 Å². The fraction of sp³-hybridized carbons (Fsp3) is 0.474. The average Bonchev–Trinajstić information content (AvgIpc) is 3.05. The van der Waals surface area contributed by atoms with Gasteiger partial charge in [-0.2, -0.15) is 0 Å². The number of nitrogens with one attached hydrogen (secondary N) is 1. The number of hydrogen-bond acceptors (Lipinski definition) is 5. The minimum atomic E-state index is -0.672. The monoisotopic (exact) mass is 395 g/mol. The van der Waals surface area contributed by atoms with E-state index in [0.29, 0.717) is 17.1 Å². The van der Waals surface area contributed by atoms with Gasteiger partial charge in [-0.05, 0) is 38.9 Å². The van der Waals surface area contributed by atoms with Crippen LogP contribution in [0.3, 0.4) is 0 Å². The van der Waals surface area contributed by atoms with Crippen molar-refractivity contribution in [2.24, 2.45) is 0 Å². The third-order valence-corrected chi connectivity index (χ3v) is 5.83. The second-order valence-corrected chi connectivity index (χ2v) is 7.56. The summed E-state index contributed by atoms with van der Waals surface area (Å²) < 4.78 is 33.0. The molecule has 0 saturated carbocycles. The molecule has 0 bridgehead atoms. The van der Waals surface area contributed by atoms with Crippen LogP contribution in [0, 0.1) is 18.6 Å². The Balaban J connectivity index is 1.68. The largest absolute Gasteiger partial charge is 0.494 e. The van der Waals surface area contributed by atoms with Crippen molar-refractivity contribution in [1.29, 1.82) is 0 Å². The van der Waals surface area contributed by atoms with Gasteiger partial charge in [0.25, 0.3) is 5.91 Å². The number of methoxy groups -OCH3 is 1. The number of likely N-dealkylation sites (tertiary alicyclic amines) is 1. The first kappa shape index (κ1) is 19.7. The number of amides is 1. The maximum atomic E-state index is 14.3. The number of piperidine rings is 1. The van der Waals surface area contributed by atoms with Crippen LogP contribution in [0.5, 0.6) is 5.75 Å². The molecule has 2 aromatic rings. The van der Waals surface area contributed by atoms with Crippen LogP contribution in [0.25, 0.3) is 10.6 Å². The molecule has 1 aromatic carbocycles. The quantitative estimate of drug-likeness (QED) is 0.812. The van der Waals surface area contributed by atoms with Crippen molar-refractivity contribution in [2.45, 2.75) is 26.2 Å². The molecule has 27 heavy (non-hydrogen) atoms. The molecule has 0 radical (unpaired) electrons. The fourth-order valence-corrected chi connectivity index (χ4v) is 4.16. The molecule has 2 heterocycles. The van der Waals surface area contributed by atoms with Gasteiger partial charge in [0.1, 0.15) is 15.7 Å². The van der Waals surface area contributed by atoms with Crippen molar-refractivity contribution in [3.63, 3.8) is 0 Å². The molecule has 3 rings (SSSR count). The first-order valence-corrected chi connectivity index (χ1v) is 9.82. The molecule has 1 N–H and O–H groups in total. The molecule has 5 nitrogen and oxygen atoms in total. The highest BCUT2D eigenvalue weighted by atomic mass is 32.1. The minimum Gasteiger partial charge on any atom is -0.494 e. The van der Waals surface area contributed by atoms with Crippen molar-refractivity contribution >= 4 is 17.2 Å². The molecule has 1 fully saturated rings. The number of halogens is 2. The number of carbonyl (C=O) groups excluding carboxylic acids is 1. The fourth-order valence-electron chi connectivity index (χ4n) is 3.16. The van der Waals surface area contributed by atoms with Crippen molar-refractivity contribution in [1.82, 2.24) is 15.2 Å². The average molecular weight is 395 g/mol. The lowest BCUT2D eigenvalue weighted by Crippen LogP contribution is -2.37. The van der Waals surface area contributed by atoms with E-state index in [-0.39, 0.29) is 22.2 Å². The molecule has 1 aliphatic heterocycles. The zero-order chi connectivity index (χ0) is 19.4. The van der Waals surface area contributed by atoms with E-state index >= 15 is 0 Å². The molecule has 0 aliphatic carbocycles. The molecule has 1 aromatic heterocycles. The molecule has 0 spiro atoms. The Morgan fingerprint density at radius 2 is 2.00 bits per heavy atom. The predicted molar refractivity (Wildman–Crippen MR) is 101 cm³/mol. The Bertz CT molecular complexity index is 820.